The monoisotopic (exact) mass is 355 g/mol. The lowest BCUT2D eigenvalue weighted by atomic mass is 10.1. The van der Waals surface area contributed by atoms with Gasteiger partial charge in [0.1, 0.15) is 4.90 Å². The van der Waals surface area contributed by atoms with Crippen LogP contribution in [-0.2, 0) is 10.0 Å². The van der Waals surface area contributed by atoms with Crippen LogP contribution in [0.3, 0.4) is 0 Å². The van der Waals surface area contributed by atoms with Gasteiger partial charge in [0.25, 0.3) is 5.69 Å². The fraction of sp³-hybridized carbons (Fsp3) is 0.455. The van der Waals surface area contributed by atoms with Gasteiger partial charge in [0.15, 0.2) is 0 Å². The van der Waals surface area contributed by atoms with Crippen LogP contribution in [0.4, 0.5) is 5.69 Å². The number of nitrogens with one attached hydrogen (secondary N) is 2. The molecule has 0 amide bonds. The molecule has 2 N–H and O–H groups in total. The number of rotatable bonds is 4. The summed E-state index contributed by atoms with van der Waals surface area (Å²) in [6.45, 7) is 1.50. The lowest BCUT2D eigenvalue weighted by Crippen LogP contribution is -2.42. The van der Waals surface area contributed by atoms with Crippen LogP contribution in [0.2, 0.25) is 5.02 Å². The molecule has 0 spiro atoms. The first-order valence-electron chi connectivity index (χ1n) is 6.07. The van der Waals surface area contributed by atoms with Crippen LogP contribution < -0.4 is 10.0 Å². The van der Waals surface area contributed by atoms with E-state index in [2.05, 4.69) is 10.0 Å². The fourth-order valence-electron chi connectivity index (χ4n) is 2.04. The van der Waals surface area contributed by atoms with Gasteiger partial charge in [0, 0.05) is 18.2 Å². The van der Waals surface area contributed by atoms with Gasteiger partial charge in [-0.05, 0) is 32.0 Å². The van der Waals surface area contributed by atoms with Crippen LogP contribution in [0.5, 0.6) is 0 Å². The summed E-state index contributed by atoms with van der Waals surface area (Å²) in [7, 11) is -3.77. The normalized spacial score (nSPS) is 16.2. The molecule has 0 saturated carbocycles. The third-order valence-corrected chi connectivity index (χ3v) is 5.08. The standard InChI is InChI=1S/C11H14ClN3O4S.ClH/c12-10-7-9(15(16)17)1-2-11(10)20(18,19)14-8-3-5-13-6-4-8;/h1-2,7-8,13-14H,3-6H2;1H. The van der Waals surface area contributed by atoms with Crippen LogP contribution in [0.1, 0.15) is 12.8 Å². The van der Waals surface area contributed by atoms with E-state index in [4.69, 9.17) is 11.6 Å². The zero-order valence-electron chi connectivity index (χ0n) is 10.9. The molecule has 1 aromatic carbocycles. The predicted molar refractivity (Wildman–Crippen MR) is 81.6 cm³/mol. The van der Waals surface area contributed by atoms with Crippen molar-refractivity contribution >= 4 is 39.7 Å². The number of nitrogens with zero attached hydrogens (tertiary/aromatic N) is 1. The van der Waals surface area contributed by atoms with Crippen molar-refractivity contribution in [3.8, 4) is 0 Å². The summed E-state index contributed by atoms with van der Waals surface area (Å²) in [6.07, 6.45) is 1.40. The molecular formula is C11H15Cl2N3O4S. The number of piperidine rings is 1. The number of nitro benzene ring substituents is 1. The van der Waals surface area contributed by atoms with Gasteiger partial charge < -0.3 is 5.32 Å². The number of hydrogen-bond donors (Lipinski definition) is 2. The van der Waals surface area contributed by atoms with E-state index in [9.17, 15) is 18.5 Å². The maximum Gasteiger partial charge on any atom is 0.271 e. The van der Waals surface area contributed by atoms with Gasteiger partial charge in [-0.25, -0.2) is 13.1 Å². The summed E-state index contributed by atoms with van der Waals surface area (Å²) in [5.74, 6) is 0. The number of sulfonamides is 1. The van der Waals surface area contributed by atoms with E-state index in [0.717, 1.165) is 31.3 Å². The van der Waals surface area contributed by atoms with E-state index in [1.54, 1.807) is 0 Å². The molecule has 0 aliphatic carbocycles. The number of nitro groups is 1. The molecule has 0 bridgehead atoms. The van der Waals surface area contributed by atoms with Crippen molar-refractivity contribution < 1.29 is 13.3 Å². The first-order chi connectivity index (χ1) is 9.40. The Labute approximate surface area is 133 Å². The summed E-state index contributed by atoms with van der Waals surface area (Å²) in [5, 5.41) is 13.6. The highest BCUT2D eigenvalue weighted by molar-refractivity contribution is 7.89. The van der Waals surface area contributed by atoms with Crippen LogP contribution in [0, 0.1) is 10.1 Å². The van der Waals surface area contributed by atoms with Gasteiger partial charge in [0.2, 0.25) is 10.0 Å². The highest BCUT2D eigenvalue weighted by Crippen LogP contribution is 2.26. The second kappa shape index (κ2) is 7.37. The molecule has 10 heteroatoms. The van der Waals surface area contributed by atoms with E-state index >= 15 is 0 Å². The summed E-state index contributed by atoms with van der Waals surface area (Å²) < 4.78 is 27.0. The van der Waals surface area contributed by atoms with E-state index in [1.807, 2.05) is 0 Å². The van der Waals surface area contributed by atoms with E-state index in [-0.39, 0.29) is 34.1 Å². The molecule has 0 atom stereocenters. The van der Waals surface area contributed by atoms with Crippen LogP contribution >= 0.6 is 24.0 Å². The quantitative estimate of drug-likeness (QED) is 0.632. The lowest BCUT2D eigenvalue weighted by molar-refractivity contribution is -0.384. The van der Waals surface area contributed by atoms with Crippen LogP contribution in [0.15, 0.2) is 23.1 Å². The highest BCUT2D eigenvalue weighted by atomic mass is 35.5. The van der Waals surface area contributed by atoms with Crippen molar-refractivity contribution in [2.24, 2.45) is 0 Å². The second-order valence-electron chi connectivity index (χ2n) is 4.52. The number of halogens is 2. The third kappa shape index (κ3) is 4.52. The van der Waals surface area contributed by atoms with E-state index in [0.29, 0.717) is 12.8 Å². The zero-order valence-corrected chi connectivity index (χ0v) is 13.3. The molecule has 1 aromatic rings. The minimum absolute atomic E-state index is 0. The Morgan fingerprint density at radius 3 is 2.48 bits per heavy atom. The van der Waals surface area contributed by atoms with Gasteiger partial charge in [-0.2, -0.15) is 0 Å². The summed E-state index contributed by atoms with van der Waals surface area (Å²) in [5.41, 5.74) is -0.240. The maximum absolute atomic E-state index is 12.2. The third-order valence-electron chi connectivity index (χ3n) is 3.08. The van der Waals surface area contributed by atoms with E-state index in [1.165, 1.54) is 0 Å². The van der Waals surface area contributed by atoms with Crippen molar-refractivity contribution in [3.05, 3.63) is 33.3 Å². The van der Waals surface area contributed by atoms with Gasteiger partial charge in [0.05, 0.1) is 9.95 Å². The van der Waals surface area contributed by atoms with Crippen molar-refractivity contribution in [1.29, 1.82) is 0 Å². The second-order valence-corrected chi connectivity index (χ2v) is 6.61. The number of hydrogen-bond acceptors (Lipinski definition) is 5. The smallest absolute Gasteiger partial charge is 0.271 e. The Morgan fingerprint density at radius 2 is 1.95 bits per heavy atom. The first kappa shape index (κ1) is 18.1. The fourth-order valence-corrected chi connectivity index (χ4v) is 3.89. The molecule has 0 unspecified atom stereocenters. The number of benzene rings is 1. The zero-order chi connectivity index (χ0) is 14.8. The molecule has 1 saturated heterocycles. The minimum atomic E-state index is -3.77. The van der Waals surface area contributed by atoms with Crippen LogP contribution in [-0.4, -0.2) is 32.5 Å². The molecule has 2 rings (SSSR count). The largest absolute Gasteiger partial charge is 0.317 e. The summed E-state index contributed by atoms with van der Waals surface area (Å²) in [6, 6.07) is 3.18. The minimum Gasteiger partial charge on any atom is -0.317 e. The average molecular weight is 356 g/mol. The molecule has 1 aliphatic rings. The topological polar surface area (TPSA) is 101 Å². The SMILES string of the molecule is Cl.O=[N+]([O-])c1ccc(S(=O)(=O)NC2CCNCC2)c(Cl)c1. The Balaban J connectivity index is 0.00000220. The molecular weight excluding hydrogens is 341 g/mol. The maximum atomic E-state index is 12.2. The predicted octanol–water partition coefficient (Wildman–Crippen LogP) is 1.70. The highest BCUT2D eigenvalue weighted by Gasteiger charge is 2.24. The molecule has 1 aliphatic heterocycles. The molecule has 0 radical (unpaired) electrons. The van der Waals surface area contributed by atoms with Crippen molar-refractivity contribution in [1.82, 2.24) is 10.0 Å². The van der Waals surface area contributed by atoms with Gasteiger partial charge in [-0.15, -0.1) is 12.4 Å². The Kier molecular flexibility index (Phi) is 6.36. The lowest BCUT2D eigenvalue weighted by Gasteiger charge is -2.23. The van der Waals surface area contributed by atoms with Gasteiger partial charge in [-0.3, -0.25) is 10.1 Å². The Bertz CT molecular complexity index is 618. The molecule has 1 fully saturated rings. The Hall–Kier alpha value is -0.930. The Morgan fingerprint density at radius 1 is 1.33 bits per heavy atom. The molecule has 1 heterocycles. The molecule has 21 heavy (non-hydrogen) atoms. The summed E-state index contributed by atoms with van der Waals surface area (Å²) >= 11 is 5.84. The van der Waals surface area contributed by atoms with Crippen molar-refractivity contribution in [2.75, 3.05) is 13.1 Å². The molecule has 0 aromatic heterocycles. The first-order valence-corrected chi connectivity index (χ1v) is 7.93. The van der Waals surface area contributed by atoms with Crippen molar-refractivity contribution in [2.45, 2.75) is 23.8 Å². The average Bonchev–Trinajstić information content (AvgIpc) is 2.38. The number of non-ortho nitro benzene ring substituents is 1. The van der Waals surface area contributed by atoms with E-state index < -0.39 is 14.9 Å². The van der Waals surface area contributed by atoms with Crippen LogP contribution in [0.25, 0.3) is 0 Å². The van der Waals surface area contributed by atoms with Gasteiger partial charge in [-0.1, -0.05) is 11.6 Å². The summed E-state index contributed by atoms with van der Waals surface area (Å²) in [4.78, 5) is 9.85. The van der Waals surface area contributed by atoms with Crippen molar-refractivity contribution in [3.63, 3.8) is 0 Å². The van der Waals surface area contributed by atoms with Gasteiger partial charge >= 0.3 is 0 Å². The molecule has 118 valence electrons. The molecule has 7 nitrogen and oxygen atoms in total.